The lowest BCUT2D eigenvalue weighted by Crippen LogP contribution is -2.34. The van der Waals surface area contributed by atoms with Gasteiger partial charge in [-0.1, -0.05) is 6.92 Å². The quantitative estimate of drug-likeness (QED) is 0.915. The van der Waals surface area contributed by atoms with Crippen LogP contribution in [0.2, 0.25) is 0 Å². The van der Waals surface area contributed by atoms with Crippen molar-refractivity contribution in [3.63, 3.8) is 0 Å². The van der Waals surface area contributed by atoms with E-state index >= 15 is 0 Å². The van der Waals surface area contributed by atoms with Crippen LogP contribution in [0.3, 0.4) is 0 Å². The number of aliphatic hydroxyl groups is 1. The number of methoxy groups -OCH3 is 1. The normalized spacial score (nSPS) is 17.8. The maximum absolute atomic E-state index is 10.2. The highest BCUT2D eigenvalue weighted by atomic mass is 79.9. The topological polar surface area (TPSA) is 29.5 Å². The number of hydrogen-bond acceptors (Lipinski definition) is 3. The minimum Gasteiger partial charge on any atom is -0.385 e. The van der Waals surface area contributed by atoms with Crippen LogP contribution in [0.5, 0.6) is 0 Å². The van der Waals surface area contributed by atoms with Gasteiger partial charge in [0.25, 0.3) is 0 Å². The van der Waals surface area contributed by atoms with Crippen molar-refractivity contribution in [1.29, 1.82) is 0 Å². The molecule has 1 aromatic rings. The summed E-state index contributed by atoms with van der Waals surface area (Å²) in [6, 6.07) is 1.94. The molecular formula is C10H15BrO2S. The highest BCUT2D eigenvalue weighted by Crippen LogP contribution is 2.38. The highest BCUT2D eigenvalue weighted by Gasteiger charge is 2.34. The zero-order valence-electron chi connectivity index (χ0n) is 8.58. The number of ether oxygens (including phenoxy) is 1. The Kier molecular flexibility index (Phi) is 4.13. The molecule has 2 nitrogen and oxygen atoms in total. The van der Waals surface area contributed by atoms with Crippen LogP contribution in [-0.4, -0.2) is 17.8 Å². The fourth-order valence-electron chi connectivity index (χ4n) is 1.23. The van der Waals surface area contributed by atoms with Gasteiger partial charge >= 0.3 is 0 Å². The lowest BCUT2D eigenvalue weighted by Gasteiger charge is -2.31. The fourth-order valence-corrected chi connectivity index (χ4v) is 2.94. The predicted octanol–water partition coefficient (Wildman–Crippen LogP) is 3.36. The molecule has 1 heterocycles. The summed E-state index contributed by atoms with van der Waals surface area (Å²) in [6.45, 7) is 3.93. The number of thiophene rings is 1. The Morgan fingerprint density at radius 2 is 2.36 bits per heavy atom. The first-order valence-corrected chi connectivity index (χ1v) is 6.18. The summed E-state index contributed by atoms with van der Waals surface area (Å²) in [6.07, 6.45) is 0.196. The monoisotopic (exact) mass is 278 g/mol. The van der Waals surface area contributed by atoms with Crippen molar-refractivity contribution < 1.29 is 9.84 Å². The van der Waals surface area contributed by atoms with Gasteiger partial charge in [0, 0.05) is 11.6 Å². The minimum absolute atomic E-state index is 0.507. The summed E-state index contributed by atoms with van der Waals surface area (Å²) in [5.41, 5.74) is -0.507. The van der Waals surface area contributed by atoms with E-state index in [9.17, 15) is 5.11 Å². The Hall–Kier alpha value is 0.100. The van der Waals surface area contributed by atoms with E-state index in [0.29, 0.717) is 0 Å². The van der Waals surface area contributed by atoms with E-state index in [-0.39, 0.29) is 0 Å². The maximum atomic E-state index is 10.2. The molecular weight excluding hydrogens is 264 g/mol. The number of aliphatic hydroxyl groups excluding tert-OH is 1. The van der Waals surface area contributed by atoms with Crippen molar-refractivity contribution in [3.05, 3.63) is 20.8 Å². The van der Waals surface area contributed by atoms with Gasteiger partial charge in [-0.2, -0.15) is 0 Å². The maximum Gasteiger partial charge on any atom is 0.118 e. The van der Waals surface area contributed by atoms with Crippen LogP contribution in [0.15, 0.2) is 15.9 Å². The zero-order chi connectivity index (χ0) is 10.8. The summed E-state index contributed by atoms with van der Waals surface area (Å²) in [5, 5.41) is 12.1. The average Bonchev–Trinajstić information content (AvgIpc) is 2.62. The molecule has 0 aliphatic heterocycles. The van der Waals surface area contributed by atoms with Gasteiger partial charge in [-0.3, -0.25) is 0 Å². The molecule has 2 atom stereocenters. The summed E-state index contributed by atoms with van der Waals surface area (Å²) >= 11 is 4.95. The van der Waals surface area contributed by atoms with E-state index in [1.807, 2.05) is 25.3 Å². The molecule has 0 fully saturated rings. The SMILES string of the molecule is CCC(C)(OC)C(O)c1sccc1Br. The summed E-state index contributed by atoms with van der Waals surface area (Å²) in [5.74, 6) is 0. The molecule has 0 aliphatic rings. The molecule has 0 saturated heterocycles. The molecule has 0 radical (unpaired) electrons. The van der Waals surface area contributed by atoms with Crippen LogP contribution >= 0.6 is 27.3 Å². The van der Waals surface area contributed by atoms with Crippen LogP contribution < -0.4 is 0 Å². The van der Waals surface area contributed by atoms with Crippen LogP contribution in [-0.2, 0) is 4.74 Å². The molecule has 0 spiro atoms. The molecule has 0 saturated carbocycles. The van der Waals surface area contributed by atoms with E-state index in [1.165, 1.54) is 11.3 Å². The third-order valence-electron chi connectivity index (χ3n) is 2.64. The standard InChI is InChI=1S/C10H15BrO2S/c1-4-10(2,13-3)9(12)8-7(11)5-6-14-8/h5-6,9,12H,4H2,1-3H3. The second-order valence-corrected chi connectivity index (χ2v) is 5.21. The molecule has 2 unspecified atom stereocenters. The molecule has 0 amide bonds. The molecule has 0 aliphatic carbocycles. The number of halogens is 1. The number of rotatable bonds is 4. The van der Waals surface area contributed by atoms with E-state index < -0.39 is 11.7 Å². The Labute approximate surface area is 97.0 Å². The van der Waals surface area contributed by atoms with Crippen molar-refractivity contribution in [2.45, 2.75) is 32.0 Å². The largest absolute Gasteiger partial charge is 0.385 e. The highest BCUT2D eigenvalue weighted by molar-refractivity contribution is 9.10. The molecule has 1 aromatic heterocycles. The predicted molar refractivity (Wildman–Crippen MR) is 62.7 cm³/mol. The Balaban J connectivity index is 2.94. The Morgan fingerprint density at radius 1 is 1.71 bits per heavy atom. The van der Waals surface area contributed by atoms with Gasteiger partial charge in [-0.05, 0) is 40.7 Å². The molecule has 4 heteroatoms. The van der Waals surface area contributed by atoms with Gasteiger partial charge in [0.15, 0.2) is 0 Å². The molecule has 14 heavy (non-hydrogen) atoms. The summed E-state index contributed by atoms with van der Waals surface area (Å²) in [4.78, 5) is 0.927. The van der Waals surface area contributed by atoms with Crippen molar-refractivity contribution in [2.75, 3.05) is 7.11 Å². The van der Waals surface area contributed by atoms with Gasteiger partial charge in [0.05, 0.1) is 10.5 Å². The van der Waals surface area contributed by atoms with Gasteiger partial charge in [0.1, 0.15) is 6.10 Å². The first-order valence-electron chi connectivity index (χ1n) is 4.51. The fraction of sp³-hybridized carbons (Fsp3) is 0.600. The van der Waals surface area contributed by atoms with Crippen LogP contribution in [0.25, 0.3) is 0 Å². The second kappa shape index (κ2) is 4.75. The first-order chi connectivity index (χ1) is 6.55. The Morgan fingerprint density at radius 3 is 2.71 bits per heavy atom. The van der Waals surface area contributed by atoms with Crippen molar-refractivity contribution in [1.82, 2.24) is 0 Å². The van der Waals surface area contributed by atoms with Gasteiger partial charge in [0.2, 0.25) is 0 Å². The minimum atomic E-state index is -0.577. The van der Waals surface area contributed by atoms with Gasteiger partial charge in [-0.25, -0.2) is 0 Å². The van der Waals surface area contributed by atoms with E-state index in [0.717, 1.165) is 15.8 Å². The van der Waals surface area contributed by atoms with Crippen molar-refractivity contribution >= 4 is 27.3 Å². The Bertz CT molecular complexity index is 294. The summed E-state index contributed by atoms with van der Waals surface area (Å²) < 4.78 is 6.31. The van der Waals surface area contributed by atoms with Gasteiger partial charge in [-0.15, -0.1) is 11.3 Å². The molecule has 1 rings (SSSR count). The molecule has 80 valence electrons. The van der Waals surface area contributed by atoms with Crippen LogP contribution in [0.1, 0.15) is 31.2 Å². The lowest BCUT2D eigenvalue weighted by molar-refractivity contribution is -0.0932. The average molecular weight is 279 g/mol. The van der Waals surface area contributed by atoms with Crippen molar-refractivity contribution in [2.24, 2.45) is 0 Å². The van der Waals surface area contributed by atoms with E-state index in [2.05, 4.69) is 15.9 Å². The van der Waals surface area contributed by atoms with Crippen LogP contribution in [0.4, 0.5) is 0 Å². The van der Waals surface area contributed by atoms with Gasteiger partial charge < -0.3 is 9.84 Å². The zero-order valence-corrected chi connectivity index (χ0v) is 11.0. The molecule has 0 aromatic carbocycles. The third kappa shape index (κ3) is 2.19. The summed E-state index contributed by atoms with van der Waals surface area (Å²) in [7, 11) is 1.63. The van der Waals surface area contributed by atoms with E-state index in [4.69, 9.17) is 4.74 Å². The van der Waals surface area contributed by atoms with Crippen molar-refractivity contribution in [3.8, 4) is 0 Å². The molecule has 0 bridgehead atoms. The third-order valence-corrected chi connectivity index (χ3v) is 4.56. The molecule has 1 N–H and O–H groups in total. The van der Waals surface area contributed by atoms with E-state index in [1.54, 1.807) is 7.11 Å². The number of hydrogen-bond donors (Lipinski definition) is 1. The van der Waals surface area contributed by atoms with Crippen LogP contribution in [0, 0.1) is 0 Å². The first kappa shape index (κ1) is 12.2. The smallest absolute Gasteiger partial charge is 0.118 e. The lowest BCUT2D eigenvalue weighted by atomic mass is 9.94. The second-order valence-electron chi connectivity index (χ2n) is 3.41.